The van der Waals surface area contributed by atoms with E-state index >= 15 is 0 Å². The third-order valence-electron chi connectivity index (χ3n) is 4.11. The standard InChI is InChI=1S/C14H20ClN3O2/c1-2-17(12-7-3-5-10(12)9-16)14-11(15)6-4-8-13(14)18(19)20/h4,6,8,10,12H,2-3,5,7,9,16H2,1H3. The molecule has 0 radical (unpaired) electrons. The monoisotopic (exact) mass is 297 g/mol. The topological polar surface area (TPSA) is 72.4 Å². The Morgan fingerprint density at radius 2 is 2.25 bits per heavy atom. The van der Waals surface area contributed by atoms with E-state index in [-0.39, 0.29) is 16.7 Å². The van der Waals surface area contributed by atoms with Gasteiger partial charge in [-0.25, -0.2) is 0 Å². The summed E-state index contributed by atoms with van der Waals surface area (Å²) in [5.74, 6) is 0.380. The molecule has 1 aromatic carbocycles. The zero-order chi connectivity index (χ0) is 14.7. The first-order valence-corrected chi connectivity index (χ1v) is 7.37. The minimum atomic E-state index is -0.365. The zero-order valence-corrected chi connectivity index (χ0v) is 12.3. The van der Waals surface area contributed by atoms with Crippen molar-refractivity contribution >= 4 is 23.0 Å². The van der Waals surface area contributed by atoms with Gasteiger partial charge in [-0.1, -0.05) is 24.1 Å². The lowest BCUT2D eigenvalue weighted by Gasteiger charge is -2.34. The minimum absolute atomic E-state index is 0.0713. The second kappa shape index (κ2) is 6.41. The Morgan fingerprint density at radius 3 is 2.85 bits per heavy atom. The highest BCUT2D eigenvalue weighted by Gasteiger charge is 2.34. The van der Waals surface area contributed by atoms with Crippen LogP contribution in [-0.2, 0) is 0 Å². The van der Waals surface area contributed by atoms with Gasteiger partial charge in [0.15, 0.2) is 0 Å². The Kier molecular flexibility index (Phi) is 4.83. The highest BCUT2D eigenvalue weighted by Crippen LogP contribution is 2.40. The van der Waals surface area contributed by atoms with Crippen LogP contribution in [0.5, 0.6) is 0 Å². The van der Waals surface area contributed by atoms with Gasteiger partial charge in [0.25, 0.3) is 5.69 Å². The molecule has 2 rings (SSSR count). The third-order valence-corrected chi connectivity index (χ3v) is 4.42. The van der Waals surface area contributed by atoms with Crippen molar-refractivity contribution in [3.8, 4) is 0 Å². The van der Waals surface area contributed by atoms with Gasteiger partial charge in [-0.05, 0) is 38.3 Å². The lowest BCUT2D eigenvalue weighted by atomic mass is 10.0. The molecule has 0 spiro atoms. The average Bonchev–Trinajstić information content (AvgIpc) is 2.89. The van der Waals surface area contributed by atoms with E-state index in [1.54, 1.807) is 12.1 Å². The highest BCUT2D eigenvalue weighted by atomic mass is 35.5. The van der Waals surface area contributed by atoms with E-state index in [0.29, 0.717) is 29.7 Å². The molecule has 0 heterocycles. The van der Waals surface area contributed by atoms with Crippen LogP contribution in [0, 0.1) is 16.0 Å². The number of benzene rings is 1. The summed E-state index contributed by atoms with van der Waals surface area (Å²) < 4.78 is 0. The van der Waals surface area contributed by atoms with Crippen LogP contribution >= 0.6 is 11.6 Å². The van der Waals surface area contributed by atoms with Crippen molar-refractivity contribution in [2.24, 2.45) is 11.7 Å². The molecule has 110 valence electrons. The number of rotatable bonds is 5. The quantitative estimate of drug-likeness (QED) is 0.669. The van der Waals surface area contributed by atoms with Gasteiger partial charge >= 0.3 is 0 Å². The van der Waals surface area contributed by atoms with Gasteiger partial charge in [0.2, 0.25) is 0 Å². The number of nitrogens with two attached hydrogens (primary N) is 1. The van der Waals surface area contributed by atoms with Gasteiger partial charge in [-0.2, -0.15) is 0 Å². The SMILES string of the molecule is CCN(c1c(Cl)cccc1[N+](=O)[O-])C1CCCC1CN. The van der Waals surface area contributed by atoms with Gasteiger partial charge in [0.05, 0.1) is 9.95 Å². The number of nitro groups is 1. The molecule has 0 saturated heterocycles. The summed E-state index contributed by atoms with van der Waals surface area (Å²) in [6.07, 6.45) is 3.20. The molecule has 1 saturated carbocycles. The Hall–Kier alpha value is -1.33. The second-order valence-corrected chi connectivity index (χ2v) is 5.55. The first kappa shape index (κ1) is 15.1. The van der Waals surface area contributed by atoms with Gasteiger partial charge < -0.3 is 10.6 Å². The van der Waals surface area contributed by atoms with Gasteiger partial charge in [0, 0.05) is 18.7 Å². The molecule has 0 aliphatic heterocycles. The molecular weight excluding hydrogens is 278 g/mol. The number of anilines is 1. The van der Waals surface area contributed by atoms with Crippen LogP contribution in [-0.4, -0.2) is 24.1 Å². The molecule has 2 atom stereocenters. The summed E-state index contributed by atoms with van der Waals surface area (Å²) in [5, 5.41) is 11.7. The zero-order valence-electron chi connectivity index (χ0n) is 11.6. The third kappa shape index (κ3) is 2.74. The fourth-order valence-corrected chi connectivity index (χ4v) is 3.47. The number of halogens is 1. The summed E-state index contributed by atoms with van der Waals surface area (Å²) in [6, 6.07) is 5.07. The molecule has 2 N–H and O–H groups in total. The number of para-hydroxylation sites is 1. The number of nitro benzene ring substituents is 1. The number of hydrogen-bond acceptors (Lipinski definition) is 4. The largest absolute Gasteiger partial charge is 0.362 e. The molecule has 1 aliphatic rings. The predicted molar refractivity (Wildman–Crippen MR) is 81.3 cm³/mol. The van der Waals surface area contributed by atoms with E-state index in [1.165, 1.54) is 6.07 Å². The van der Waals surface area contributed by atoms with Crippen molar-refractivity contribution in [1.82, 2.24) is 0 Å². The van der Waals surface area contributed by atoms with E-state index in [1.807, 2.05) is 6.92 Å². The molecule has 1 aliphatic carbocycles. The molecule has 2 unspecified atom stereocenters. The van der Waals surface area contributed by atoms with Crippen LogP contribution in [0.3, 0.4) is 0 Å². The molecule has 0 amide bonds. The molecule has 1 fully saturated rings. The Bertz CT molecular complexity index is 495. The van der Waals surface area contributed by atoms with E-state index in [2.05, 4.69) is 4.90 Å². The van der Waals surface area contributed by atoms with Crippen molar-refractivity contribution in [3.05, 3.63) is 33.3 Å². The molecular formula is C14H20ClN3O2. The Labute approximate surface area is 123 Å². The summed E-state index contributed by atoms with van der Waals surface area (Å²) in [7, 11) is 0. The van der Waals surface area contributed by atoms with E-state index in [4.69, 9.17) is 17.3 Å². The molecule has 0 bridgehead atoms. The maximum Gasteiger partial charge on any atom is 0.294 e. The predicted octanol–water partition coefficient (Wildman–Crippen LogP) is 3.20. The van der Waals surface area contributed by atoms with Crippen LogP contribution in [0.2, 0.25) is 5.02 Å². The van der Waals surface area contributed by atoms with E-state index in [0.717, 1.165) is 19.3 Å². The van der Waals surface area contributed by atoms with Crippen molar-refractivity contribution < 1.29 is 4.92 Å². The van der Waals surface area contributed by atoms with Gasteiger partial charge in [-0.15, -0.1) is 0 Å². The Morgan fingerprint density at radius 1 is 1.50 bits per heavy atom. The molecule has 20 heavy (non-hydrogen) atoms. The molecule has 5 nitrogen and oxygen atoms in total. The second-order valence-electron chi connectivity index (χ2n) is 5.14. The van der Waals surface area contributed by atoms with Crippen molar-refractivity contribution in [1.29, 1.82) is 0 Å². The summed E-state index contributed by atoms with van der Waals surface area (Å²) in [6.45, 7) is 3.30. The number of hydrogen-bond donors (Lipinski definition) is 1. The van der Waals surface area contributed by atoms with Crippen LogP contribution in [0.25, 0.3) is 0 Å². The first-order valence-electron chi connectivity index (χ1n) is 6.99. The van der Waals surface area contributed by atoms with Crippen molar-refractivity contribution in [2.75, 3.05) is 18.0 Å². The minimum Gasteiger partial charge on any atom is -0.362 e. The Balaban J connectivity index is 2.44. The lowest BCUT2D eigenvalue weighted by Crippen LogP contribution is -2.40. The molecule has 6 heteroatoms. The summed E-state index contributed by atoms with van der Waals surface area (Å²) in [5.41, 5.74) is 6.44. The normalized spacial score (nSPS) is 21.9. The molecule has 0 aromatic heterocycles. The van der Waals surface area contributed by atoms with Crippen molar-refractivity contribution in [2.45, 2.75) is 32.2 Å². The first-order chi connectivity index (χ1) is 9.60. The van der Waals surface area contributed by atoms with Crippen LogP contribution < -0.4 is 10.6 Å². The van der Waals surface area contributed by atoms with Gasteiger partial charge in [-0.3, -0.25) is 10.1 Å². The van der Waals surface area contributed by atoms with Crippen molar-refractivity contribution in [3.63, 3.8) is 0 Å². The summed E-state index contributed by atoms with van der Waals surface area (Å²) in [4.78, 5) is 13.0. The fraction of sp³-hybridized carbons (Fsp3) is 0.571. The van der Waals surface area contributed by atoms with Crippen LogP contribution in [0.4, 0.5) is 11.4 Å². The van der Waals surface area contributed by atoms with E-state index in [9.17, 15) is 10.1 Å². The number of nitrogens with zero attached hydrogens (tertiary/aromatic N) is 2. The smallest absolute Gasteiger partial charge is 0.294 e. The van der Waals surface area contributed by atoms with Crippen LogP contribution in [0.1, 0.15) is 26.2 Å². The lowest BCUT2D eigenvalue weighted by molar-refractivity contribution is -0.384. The fourth-order valence-electron chi connectivity index (χ4n) is 3.20. The van der Waals surface area contributed by atoms with Crippen LogP contribution in [0.15, 0.2) is 18.2 Å². The summed E-state index contributed by atoms with van der Waals surface area (Å²) >= 11 is 6.24. The van der Waals surface area contributed by atoms with Gasteiger partial charge in [0.1, 0.15) is 5.69 Å². The maximum absolute atomic E-state index is 11.3. The van der Waals surface area contributed by atoms with E-state index < -0.39 is 0 Å². The molecule has 1 aromatic rings. The highest BCUT2D eigenvalue weighted by molar-refractivity contribution is 6.33. The average molecular weight is 298 g/mol. The maximum atomic E-state index is 11.3.